The largest absolute Gasteiger partial charge is 0.344 e. The second-order valence-corrected chi connectivity index (χ2v) is 4.41. The maximum Gasteiger partial charge on any atom is 0.271 e. The van der Waals surface area contributed by atoms with Gasteiger partial charge >= 0.3 is 0 Å². The molecule has 0 aliphatic carbocycles. The number of benzene rings is 2. The highest BCUT2D eigenvalue weighted by molar-refractivity contribution is 5.95. The summed E-state index contributed by atoms with van der Waals surface area (Å²) >= 11 is 0. The minimum Gasteiger partial charge on any atom is -0.344 e. The Morgan fingerprint density at radius 2 is 1.59 bits per heavy atom. The van der Waals surface area contributed by atoms with E-state index >= 15 is 0 Å². The number of nitro benzene ring substituents is 2. The molecule has 8 nitrogen and oxygen atoms in total. The van der Waals surface area contributed by atoms with Gasteiger partial charge in [0.25, 0.3) is 11.4 Å². The van der Waals surface area contributed by atoms with Crippen LogP contribution in [-0.4, -0.2) is 15.7 Å². The molecule has 0 saturated carbocycles. The first kappa shape index (κ1) is 15.1. The number of nitro groups is 2. The molecule has 0 bridgehead atoms. The van der Waals surface area contributed by atoms with Crippen molar-refractivity contribution in [2.45, 2.75) is 6.92 Å². The van der Waals surface area contributed by atoms with Gasteiger partial charge in [-0.05, 0) is 19.1 Å². The summed E-state index contributed by atoms with van der Waals surface area (Å²) in [6, 6.07) is 11.9. The summed E-state index contributed by atoms with van der Waals surface area (Å²) in [5, 5.41) is 24.3. The second-order valence-electron chi connectivity index (χ2n) is 4.41. The van der Waals surface area contributed by atoms with Gasteiger partial charge in [0, 0.05) is 30.0 Å². The van der Waals surface area contributed by atoms with E-state index in [0.29, 0.717) is 17.2 Å². The monoisotopic (exact) mass is 300 g/mol. The molecule has 0 amide bonds. The molecule has 0 saturated heterocycles. The minimum atomic E-state index is -0.498. The van der Waals surface area contributed by atoms with Crippen LogP contribution < -0.4 is 5.32 Å². The van der Waals surface area contributed by atoms with Gasteiger partial charge in [-0.15, -0.1) is 0 Å². The molecule has 0 aliphatic rings. The molecule has 0 radical (unpaired) electrons. The predicted molar refractivity (Wildman–Crippen MR) is 82.6 cm³/mol. The maximum absolute atomic E-state index is 10.7. The Hall–Kier alpha value is -3.29. The molecule has 0 aliphatic heterocycles. The van der Waals surface area contributed by atoms with Crippen LogP contribution in [0.2, 0.25) is 0 Å². The van der Waals surface area contributed by atoms with E-state index in [1.54, 1.807) is 25.1 Å². The van der Waals surface area contributed by atoms with Crippen molar-refractivity contribution in [2.24, 2.45) is 4.99 Å². The van der Waals surface area contributed by atoms with Crippen molar-refractivity contribution in [3.63, 3.8) is 0 Å². The summed E-state index contributed by atoms with van der Waals surface area (Å²) in [5.74, 6) is 0.459. The van der Waals surface area contributed by atoms with Crippen LogP contribution in [0.25, 0.3) is 0 Å². The van der Waals surface area contributed by atoms with Gasteiger partial charge in [0.2, 0.25) is 0 Å². The lowest BCUT2D eigenvalue weighted by Gasteiger charge is -2.05. The van der Waals surface area contributed by atoms with Crippen molar-refractivity contribution >= 4 is 28.6 Å². The maximum atomic E-state index is 10.7. The second kappa shape index (κ2) is 6.44. The Labute approximate surface area is 125 Å². The fourth-order valence-corrected chi connectivity index (χ4v) is 1.80. The first-order chi connectivity index (χ1) is 10.5. The van der Waals surface area contributed by atoms with Crippen LogP contribution >= 0.6 is 0 Å². The van der Waals surface area contributed by atoms with E-state index in [0.717, 1.165) is 0 Å². The molecule has 1 N–H and O–H groups in total. The zero-order chi connectivity index (χ0) is 16.1. The van der Waals surface area contributed by atoms with Gasteiger partial charge in [-0.2, -0.15) is 0 Å². The minimum absolute atomic E-state index is 0.0341. The average molecular weight is 300 g/mol. The van der Waals surface area contributed by atoms with Gasteiger partial charge < -0.3 is 5.32 Å². The molecule has 0 aromatic heterocycles. The number of anilines is 1. The van der Waals surface area contributed by atoms with Gasteiger partial charge in [-0.1, -0.05) is 12.1 Å². The molecule has 2 rings (SSSR count). The first-order valence-corrected chi connectivity index (χ1v) is 6.27. The van der Waals surface area contributed by atoms with Crippen LogP contribution in [0.1, 0.15) is 6.92 Å². The quantitative estimate of drug-likeness (QED) is 0.401. The number of amidine groups is 1. The van der Waals surface area contributed by atoms with Crippen LogP contribution in [0.15, 0.2) is 53.5 Å². The highest BCUT2D eigenvalue weighted by Crippen LogP contribution is 2.21. The number of nitrogens with one attached hydrogen (secondary N) is 1. The van der Waals surface area contributed by atoms with E-state index in [-0.39, 0.29) is 11.4 Å². The zero-order valence-corrected chi connectivity index (χ0v) is 11.6. The smallest absolute Gasteiger partial charge is 0.271 e. The molecule has 0 unspecified atom stereocenters. The Bertz CT molecular complexity index is 758. The third-order valence-electron chi connectivity index (χ3n) is 2.72. The third kappa shape index (κ3) is 3.85. The SMILES string of the molecule is CC(=Nc1cccc([N+](=O)[O-])c1)Nc1cccc([N+](=O)[O-])c1. The van der Waals surface area contributed by atoms with E-state index in [1.165, 1.54) is 30.3 Å². The molecule has 8 heteroatoms. The van der Waals surface area contributed by atoms with Crippen LogP contribution in [0, 0.1) is 20.2 Å². The van der Waals surface area contributed by atoms with Crippen molar-refractivity contribution in [3.8, 4) is 0 Å². The fourth-order valence-electron chi connectivity index (χ4n) is 1.80. The molecular formula is C14H12N4O4. The number of non-ortho nitro benzene ring substituents is 2. The van der Waals surface area contributed by atoms with Crippen molar-refractivity contribution in [3.05, 3.63) is 68.8 Å². The molecule has 0 atom stereocenters. The molecule has 112 valence electrons. The van der Waals surface area contributed by atoms with Crippen LogP contribution in [0.4, 0.5) is 22.7 Å². The Morgan fingerprint density at radius 1 is 1.00 bits per heavy atom. The Morgan fingerprint density at radius 3 is 2.23 bits per heavy atom. The number of hydrogen-bond acceptors (Lipinski definition) is 5. The number of nitrogens with zero attached hydrogens (tertiary/aromatic N) is 3. The van der Waals surface area contributed by atoms with E-state index in [1.807, 2.05) is 0 Å². The normalized spacial score (nSPS) is 11.0. The van der Waals surface area contributed by atoms with Gasteiger partial charge in [0.1, 0.15) is 5.84 Å². The summed E-state index contributed by atoms with van der Waals surface area (Å²) < 4.78 is 0. The summed E-state index contributed by atoms with van der Waals surface area (Å²) in [5.41, 5.74) is 0.850. The summed E-state index contributed by atoms with van der Waals surface area (Å²) in [7, 11) is 0. The van der Waals surface area contributed by atoms with Gasteiger partial charge in [-0.25, -0.2) is 4.99 Å². The van der Waals surface area contributed by atoms with Crippen molar-refractivity contribution in [1.29, 1.82) is 0 Å². The molecular weight excluding hydrogens is 288 g/mol. The molecule has 0 heterocycles. The van der Waals surface area contributed by atoms with Crippen molar-refractivity contribution in [2.75, 3.05) is 5.32 Å². The summed E-state index contributed by atoms with van der Waals surface area (Å²) in [6.45, 7) is 1.66. The Kier molecular flexibility index (Phi) is 4.42. The first-order valence-electron chi connectivity index (χ1n) is 6.27. The van der Waals surface area contributed by atoms with E-state index < -0.39 is 9.85 Å². The van der Waals surface area contributed by atoms with Gasteiger partial charge in [0.05, 0.1) is 15.5 Å². The van der Waals surface area contributed by atoms with Crippen LogP contribution in [-0.2, 0) is 0 Å². The number of aliphatic imine (C=N–C) groups is 1. The topological polar surface area (TPSA) is 111 Å². The predicted octanol–water partition coefficient (Wildman–Crippen LogP) is 3.67. The lowest BCUT2D eigenvalue weighted by atomic mass is 10.2. The lowest BCUT2D eigenvalue weighted by molar-refractivity contribution is -0.385. The molecule has 2 aromatic rings. The standard InChI is InChI=1S/C14H12N4O4/c1-10(15-11-4-2-6-13(8-11)17(19)20)16-12-5-3-7-14(9-12)18(21)22/h2-9H,1H3,(H,15,16). The van der Waals surface area contributed by atoms with E-state index in [2.05, 4.69) is 10.3 Å². The van der Waals surface area contributed by atoms with Gasteiger partial charge in [0.15, 0.2) is 0 Å². The van der Waals surface area contributed by atoms with E-state index in [4.69, 9.17) is 0 Å². The fraction of sp³-hybridized carbons (Fsp3) is 0.0714. The van der Waals surface area contributed by atoms with Crippen molar-refractivity contribution in [1.82, 2.24) is 0 Å². The molecule has 2 aromatic carbocycles. The zero-order valence-electron chi connectivity index (χ0n) is 11.6. The third-order valence-corrected chi connectivity index (χ3v) is 2.72. The Balaban J connectivity index is 2.19. The van der Waals surface area contributed by atoms with E-state index in [9.17, 15) is 20.2 Å². The van der Waals surface area contributed by atoms with Crippen LogP contribution in [0.3, 0.4) is 0 Å². The molecule has 0 fully saturated rings. The highest BCUT2D eigenvalue weighted by atomic mass is 16.6. The van der Waals surface area contributed by atoms with Crippen LogP contribution in [0.5, 0.6) is 0 Å². The molecule has 0 spiro atoms. The van der Waals surface area contributed by atoms with Crippen molar-refractivity contribution < 1.29 is 9.85 Å². The highest BCUT2D eigenvalue weighted by Gasteiger charge is 2.07. The average Bonchev–Trinajstić information content (AvgIpc) is 2.47. The lowest BCUT2D eigenvalue weighted by Crippen LogP contribution is -2.06. The van der Waals surface area contributed by atoms with Gasteiger partial charge in [-0.3, -0.25) is 20.2 Å². The summed E-state index contributed by atoms with van der Waals surface area (Å²) in [4.78, 5) is 24.6. The summed E-state index contributed by atoms with van der Waals surface area (Å²) in [6.07, 6.45) is 0. The molecule has 22 heavy (non-hydrogen) atoms. The number of hydrogen-bond donors (Lipinski definition) is 1. The number of rotatable bonds is 4.